The molecule has 0 saturated carbocycles. The van der Waals surface area contributed by atoms with Crippen molar-refractivity contribution in [3.63, 3.8) is 0 Å². The Morgan fingerprint density at radius 3 is 2.67 bits per heavy atom. The van der Waals surface area contributed by atoms with Gasteiger partial charge in [-0.2, -0.15) is 23.4 Å². The zero-order valence-corrected chi connectivity index (χ0v) is 16.7. The van der Waals surface area contributed by atoms with Gasteiger partial charge < -0.3 is 10.3 Å². The second-order valence-electron chi connectivity index (χ2n) is 7.12. The maximum absolute atomic E-state index is 14.8. The topological polar surface area (TPSA) is 108 Å². The van der Waals surface area contributed by atoms with Gasteiger partial charge in [0.25, 0.3) is 0 Å². The molecule has 0 aliphatic carbocycles. The summed E-state index contributed by atoms with van der Waals surface area (Å²) in [4.78, 5) is 12.0. The Morgan fingerprint density at radius 2 is 1.91 bits per heavy atom. The molecule has 0 fully saturated rings. The van der Waals surface area contributed by atoms with Gasteiger partial charge in [-0.3, -0.25) is 5.10 Å². The second-order valence-corrected chi connectivity index (χ2v) is 7.12. The third-order valence-corrected chi connectivity index (χ3v) is 4.96. The number of imidazole rings is 1. The molecule has 0 bridgehead atoms. The first-order valence-corrected chi connectivity index (χ1v) is 9.65. The number of rotatable bonds is 5. The van der Waals surface area contributed by atoms with Crippen LogP contribution in [0.4, 0.5) is 23.4 Å². The number of pyridine rings is 1. The van der Waals surface area contributed by atoms with Crippen molar-refractivity contribution in [2.24, 2.45) is 0 Å². The van der Waals surface area contributed by atoms with Crippen LogP contribution in [0, 0.1) is 5.82 Å². The summed E-state index contributed by atoms with van der Waals surface area (Å²) >= 11 is 0. The fourth-order valence-electron chi connectivity index (χ4n) is 3.31. The van der Waals surface area contributed by atoms with E-state index >= 15 is 0 Å². The highest BCUT2D eigenvalue weighted by Crippen LogP contribution is 2.31. The average Bonchev–Trinajstić information content (AvgIpc) is 3.47. The van der Waals surface area contributed by atoms with Crippen LogP contribution in [0.3, 0.4) is 0 Å². The first-order valence-electron chi connectivity index (χ1n) is 9.65. The Morgan fingerprint density at radius 1 is 1.03 bits per heavy atom. The largest absolute Gasteiger partial charge is 0.418 e. The van der Waals surface area contributed by atoms with Gasteiger partial charge in [0.15, 0.2) is 5.65 Å². The quantitative estimate of drug-likeness (QED) is 0.336. The maximum Gasteiger partial charge on any atom is 0.418 e. The molecular weight excluding hydrogens is 440 g/mol. The Kier molecular flexibility index (Phi) is 4.96. The van der Waals surface area contributed by atoms with Gasteiger partial charge in [-0.05, 0) is 23.8 Å². The van der Waals surface area contributed by atoms with Gasteiger partial charge in [0.1, 0.15) is 23.0 Å². The number of fused-ring (bicyclic) bond motifs is 1. The Bertz CT molecular complexity index is 1430. The Labute approximate surface area is 183 Å². The molecule has 0 radical (unpaired) electrons. The summed E-state index contributed by atoms with van der Waals surface area (Å²) in [6.45, 7) is -0.0685. The van der Waals surface area contributed by atoms with Crippen LogP contribution in [0.15, 0.2) is 55.1 Å². The van der Waals surface area contributed by atoms with Crippen LogP contribution in [0.1, 0.15) is 11.1 Å². The number of hydrogen-bond donors (Lipinski definition) is 3. The fraction of sp³-hybridized carbons (Fsp3) is 0.0952. The standard InChI is InChI=1S/C21H14F4N8/c22-16-5-11(1-2-12(16)7-27-17-6-14(10-30-33-17)21(23,24)25)15-3-4-26-20-18(15)31-19(32-20)13-8-28-29-9-13/h1-6,8-10H,7H2,(H,27,33)(H,28,29)(H,26,31,32). The van der Waals surface area contributed by atoms with Crippen LogP contribution in [0.5, 0.6) is 0 Å². The molecule has 3 N–H and O–H groups in total. The molecule has 0 unspecified atom stereocenters. The highest BCUT2D eigenvalue weighted by atomic mass is 19.4. The van der Waals surface area contributed by atoms with E-state index in [1.54, 1.807) is 36.8 Å². The van der Waals surface area contributed by atoms with E-state index in [0.717, 1.165) is 11.6 Å². The highest BCUT2D eigenvalue weighted by molar-refractivity contribution is 5.91. The van der Waals surface area contributed by atoms with Gasteiger partial charge in [0.05, 0.1) is 23.5 Å². The number of alkyl halides is 3. The molecule has 0 atom stereocenters. The molecule has 0 saturated heterocycles. The summed E-state index contributed by atoms with van der Waals surface area (Å²) in [5, 5.41) is 16.2. The zero-order valence-electron chi connectivity index (χ0n) is 16.7. The third kappa shape index (κ3) is 4.10. The summed E-state index contributed by atoms with van der Waals surface area (Å²) in [6.07, 6.45) is 0.984. The summed E-state index contributed by atoms with van der Waals surface area (Å²) in [5.74, 6) is -0.0647. The van der Waals surface area contributed by atoms with E-state index in [-0.39, 0.29) is 17.9 Å². The van der Waals surface area contributed by atoms with Gasteiger partial charge in [-0.1, -0.05) is 12.1 Å². The fourth-order valence-corrected chi connectivity index (χ4v) is 3.31. The molecule has 0 aliphatic rings. The van der Waals surface area contributed by atoms with Crippen LogP contribution < -0.4 is 5.32 Å². The number of hydrogen-bond acceptors (Lipinski definition) is 6. The van der Waals surface area contributed by atoms with E-state index in [9.17, 15) is 17.6 Å². The van der Waals surface area contributed by atoms with E-state index in [1.165, 1.54) is 6.07 Å². The van der Waals surface area contributed by atoms with Crippen LogP contribution >= 0.6 is 0 Å². The molecular formula is C21H14F4N8. The SMILES string of the molecule is Fc1cc(-c2ccnc3[nH]c(-c4cn[nH]c4)nc23)ccc1CNc1cc(C(F)(F)F)cnn1. The minimum Gasteiger partial charge on any atom is -0.364 e. The third-order valence-electron chi connectivity index (χ3n) is 4.96. The van der Waals surface area contributed by atoms with Crippen molar-refractivity contribution in [3.05, 3.63) is 72.1 Å². The van der Waals surface area contributed by atoms with E-state index in [1.807, 2.05) is 0 Å². The Hall–Kier alpha value is -4.35. The second kappa shape index (κ2) is 7.97. The molecule has 5 rings (SSSR count). The van der Waals surface area contributed by atoms with Crippen molar-refractivity contribution in [1.82, 2.24) is 35.3 Å². The molecule has 1 aromatic carbocycles. The van der Waals surface area contributed by atoms with Crippen LogP contribution in [0.2, 0.25) is 0 Å². The molecule has 4 aromatic heterocycles. The number of nitrogens with zero attached hydrogens (tertiary/aromatic N) is 5. The van der Waals surface area contributed by atoms with E-state index in [2.05, 4.69) is 40.7 Å². The predicted molar refractivity (Wildman–Crippen MR) is 111 cm³/mol. The van der Waals surface area contributed by atoms with E-state index in [4.69, 9.17) is 0 Å². The van der Waals surface area contributed by atoms with Gasteiger partial charge in [0, 0.05) is 30.1 Å². The van der Waals surface area contributed by atoms with Crippen molar-refractivity contribution < 1.29 is 17.6 Å². The average molecular weight is 454 g/mol. The first kappa shape index (κ1) is 20.5. The van der Waals surface area contributed by atoms with Gasteiger partial charge in [-0.15, -0.1) is 5.10 Å². The lowest BCUT2D eigenvalue weighted by Gasteiger charge is -2.10. The van der Waals surface area contributed by atoms with Gasteiger partial charge in [0.2, 0.25) is 0 Å². The monoisotopic (exact) mass is 454 g/mol. The van der Waals surface area contributed by atoms with Crippen LogP contribution in [-0.2, 0) is 12.7 Å². The minimum absolute atomic E-state index is 0.0685. The van der Waals surface area contributed by atoms with Gasteiger partial charge in [-0.25, -0.2) is 14.4 Å². The Balaban J connectivity index is 1.40. The molecule has 8 nitrogen and oxygen atoms in total. The smallest absolute Gasteiger partial charge is 0.364 e. The van der Waals surface area contributed by atoms with Crippen molar-refractivity contribution in [2.75, 3.05) is 5.32 Å². The van der Waals surface area contributed by atoms with Crippen LogP contribution in [0.25, 0.3) is 33.7 Å². The van der Waals surface area contributed by atoms with Crippen molar-refractivity contribution in [2.45, 2.75) is 12.7 Å². The molecule has 4 heterocycles. The highest BCUT2D eigenvalue weighted by Gasteiger charge is 2.31. The number of benzene rings is 1. The molecule has 0 spiro atoms. The number of halogens is 4. The summed E-state index contributed by atoms with van der Waals surface area (Å²) < 4.78 is 53.3. The number of aromatic nitrogens is 7. The number of aromatic amines is 2. The normalized spacial score (nSPS) is 11.8. The van der Waals surface area contributed by atoms with E-state index < -0.39 is 17.6 Å². The minimum atomic E-state index is -4.54. The first-order chi connectivity index (χ1) is 15.9. The van der Waals surface area contributed by atoms with Crippen molar-refractivity contribution in [1.29, 1.82) is 0 Å². The maximum atomic E-state index is 14.8. The summed E-state index contributed by atoms with van der Waals surface area (Å²) in [7, 11) is 0. The number of H-pyrrole nitrogens is 2. The lowest BCUT2D eigenvalue weighted by molar-refractivity contribution is -0.137. The molecule has 166 valence electrons. The number of anilines is 1. The molecule has 0 aliphatic heterocycles. The molecule has 12 heteroatoms. The molecule has 5 aromatic rings. The van der Waals surface area contributed by atoms with E-state index in [0.29, 0.717) is 34.3 Å². The molecule has 33 heavy (non-hydrogen) atoms. The number of nitrogens with one attached hydrogen (secondary N) is 3. The summed E-state index contributed by atoms with van der Waals surface area (Å²) in [5.41, 5.74) is 2.43. The van der Waals surface area contributed by atoms with Crippen molar-refractivity contribution >= 4 is 17.0 Å². The lowest BCUT2D eigenvalue weighted by atomic mass is 10.0. The van der Waals surface area contributed by atoms with Crippen LogP contribution in [-0.4, -0.2) is 35.3 Å². The lowest BCUT2D eigenvalue weighted by Crippen LogP contribution is -2.09. The zero-order chi connectivity index (χ0) is 23.0. The predicted octanol–water partition coefficient (Wildman–Crippen LogP) is 4.58. The van der Waals surface area contributed by atoms with Crippen molar-refractivity contribution in [3.8, 4) is 22.5 Å². The van der Waals surface area contributed by atoms with Gasteiger partial charge >= 0.3 is 6.18 Å². The summed E-state index contributed by atoms with van der Waals surface area (Å²) in [6, 6.07) is 7.15. The molecule has 0 amide bonds.